The van der Waals surface area contributed by atoms with Gasteiger partial charge in [0.1, 0.15) is 0 Å². The summed E-state index contributed by atoms with van der Waals surface area (Å²) in [7, 11) is 2.13. The Bertz CT molecular complexity index is 106. The minimum atomic E-state index is 0.542. The van der Waals surface area contributed by atoms with Crippen molar-refractivity contribution in [2.45, 2.75) is 31.8 Å². The molecule has 1 fully saturated rings. The summed E-state index contributed by atoms with van der Waals surface area (Å²) < 4.78 is 0. The van der Waals surface area contributed by atoms with Crippen LogP contribution in [0, 0.1) is 0 Å². The van der Waals surface area contributed by atoms with Gasteiger partial charge in [0.15, 0.2) is 0 Å². The Kier molecular flexibility index (Phi) is 2.65. The predicted molar refractivity (Wildman–Crippen MR) is 40.4 cm³/mol. The number of rotatable bonds is 2. The molecule has 60 valence electrons. The second-order valence-electron chi connectivity index (χ2n) is 3.08. The molecule has 1 rings (SSSR count). The average molecular weight is 144 g/mol. The molecule has 0 aromatic carbocycles. The van der Waals surface area contributed by atoms with Crippen LogP contribution in [0.25, 0.3) is 0 Å². The molecule has 2 atom stereocenters. The third kappa shape index (κ3) is 1.48. The Labute approximate surface area is 62.1 Å². The van der Waals surface area contributed by atoms with Crippen molar-refractivity contribution in [1.29, 1.82) is 0 Å². The van der Waals surface area contributed by atoms with Crippen molar-refractivity contribution < 1.29 is 4.84 Å². The SMILES string of the molecule is CC1CCC(CON)N1C. The van der Waals surface area contributed by atoms with Gasteiger partial charge < -0.3 is 4.84 Å². The lowest BCUT2D eigenvalue weighted by atomic mass is 10.2. The van der Waals surface area contributed by atoms with Crippen LogP contribution < -0.4 is 5.90 Å². The van der Waals surface area contributed by atoms with Gasteiger partial charge in [0.2, 0.25) is 0 Å². The van der Waals surface area contributed by atoms with Crippen LogP contribution in [0.15, 0.2) is 0 Å². The molecule has 2 unspecified atom stereocenters. The van der Waals surface area contributed by atoms with Crippen LogP contribution in [0.3, 0.4) is 0 Å². The number of likely N-dealkylation sites (tertiary alicyclic amines) is 1. The van der Waals surface area contributed by atoms with Crippen molar-refractivity contribution in [2.75, 3.05) is 13.7 Å². The largest absolute Gasteiger partial charge is 0.303 e. The zero-order chi connectivity index (χ0) is 7.56. The van der Waals surface area contributed by atoms with Gasteiger partial charge in [-0.2, -0.15) is 0 Å². The molecule has 3 heteroatoms. The Balaban J connectivity index is 2.33. The third-order valence-electron chi connectivity index (χ3n) is 2.48. The molecule has 1 aliphatic heterocycles. The number of hydrogen-bond donors (Lipinski definition) is 1. The maximum absolute atomic E-state index is 4.99. The summed E-state index contributed by atoms with van der Waals surface area (Å²) in [5, 5.41) is 0. The van der Waals surface area contributed by atoms with Crippen LogP contribution in [0.5, 0.6) is 0 Å². The molecule has 2 N–H and O–H groups in total. The van der Waals surface area contributed by atoms with Gasteiger partial charge in [-0.3, -0.25) is 4.90 Å². The summed E-state index contributed by atoms with van der Waals surface area (Å²) in [6.45, 7) is 2.90. The van der Waals surface area contributed by atoms with E-state index < -0.39 is 0 Å². The normalized spacial score (nSPS) is 35.1. The standard InChI is InChI=1S/C7H16N2O/c1-6-3-4-7(5-10-8)9(6)2/h6-7H,3-5,8H2,1-2H3. The van der Waals surface area contributed by atoms with Gasteiger partial charge in [-0.25, -0.2) is 5.90 Å². The fraction of sp³-hybridized carbons (Fsp3) is 1.00. The highest BCUT2D eigenvalue weighted by atomic mass is 16.6. The summed E-state index contributed by atoms with van der Waals surface area (Å²) in [5.74, 6) is 4.99. The quantitative estimate of drug-likeness (QED) is 0.569. The second kappa shape index (κ2) is 3.32. The van der Waals surface area contributed by atoms with Crippen molar-refractivity contribution in [3.05, 3.63) is 0 Å². The molecule has 1 heterocycles. The maximum atomic E-state index is 4.99. The van der Waals surface area contributed by atoms with E-state index in [-0.39, 0.29) is 0 Å². The van der Waals surface area contributed by atoms with Crippen molar-refractivity contribution in [2.24, 2.45) is 5.90 Å². The number of nitrogens with two attached hydrogens (primary N) is 1. The highest BCUT2D eigenvalue weighted by Crippen LogP contribution is 2.21. The van der Waals surface area contributed by atoms with E-state index in [0.717, 1.165) is 0 Å². The summed E-state index contributed by atoms with van der Waals surface area (Å²) >= 11 is 0. The van der Waals surface area contributed by atoms with Crippen molar-refractivity contribution >= 4 is 0 Å². The van der Waals surface area contributed by atoms with Gasteiger partial charge >= 0.3 is 0 Å². The summed E-state index contributed by atoms with van der Waals surface area (Å²) in [6.07, 6.45) is 2.49. The summed E-state index contributed by atoms with van der Waals surface area (Å²) in [4.78, 5) is 6.93. The topological polar surface area (TPSA) is 38.5 Å². The van der Waals surface area contributed by atoms with Gasteiger partial charge in [-0.05, 0) is 26.8 Å². The molecule has 10 heavy (non-hydrogen) atoms. The Morgan fingerprint density at radius 3 is 2.70 bits per heavy atom. The molecule has 0 radical (unpaired) electrons. The van der Waals surface area contributed by atoms with E-state index in [1.807, 2.05) is 0 Å². The van der Waals surface area contributed by atoms with Crippen LogP contribution in [-0.2, 0) is 4.84 Å². The molecule has 0 aliphatic carbocycles. The van der Waals surface area contributed by atoms with E-state index in [1.165, 1.54) is 12.8 Å². The first kappa shape index (κ1) is 7.98. The molecular formula is C7H16N2O. The molecular weight excluding hydrogens is 128 g/mol. The van der Waals surface area contributed by atoms with E-state index in [4.69, 9.17) is 5.90 Å². The minimum Gasteiger partial charge on any atom is -0.303 e. The van der Waals surface area contributed by atoms with E-state index in [0.29, 0.717) is 18.7 Å². The molecule has 1 saturated heterocycles. The highest BCUT2D eigenvalue weighted by molar-refractivity contribution is 4.81. The van der Waals surface area contributed by atoms with Gasteiger partial charge in [-0.15, -0.1) is 0 Å². The average Bonchev–Trinajstić information content (AvgIpc) is 2.20. The molecule has 0 aromatic rings. The van der Waals surface area contributed by atoms with Gasteiger partial charge in [0.25, 0.3) is 0 Å². The smallest absolute Gasteiger partial charge is 0.0834 e. The van der Waals surface area contributed by atoms with E-state index in [1.54, 1.807) is 0 Å². The van der Waals surface area contributed by atoms with Crippen LogP contribution in [-0.4, -0.2) is 30.6 Å². The molecule has 1 aliphatic rings. The first-order chi connectivity index (χ1) is 4.75. The van der Waals surface area contributed by atoms with Crippen molar-refractivity contribution in [3.8, 4) is 0 Å². The molecule has 0 saturated carbocycles. The summed E-state index contributed by atoms with van der Waals surface area (Å²) in [6, 6.07) is 1.24. The third-order valence-corrected chi connectivity index (χ3v) is 2.48. The molecule has 0 amide bonds. The van der Waals surface area contributed by atoms with Gasteiger partial charge in [0, 0.05) is 12.1 Å². The molecule has 0 aromatic heterocycles. The van der Waals surface area contributed by atoms with E-state index in [9.17, 15) is 0 Å². The fourth-order valence-corrected chi connectivity index (χ4v) is 1.51. The molecule has 0 spiro atoms. The van der Waals surface area contributed by atoms with Crippen LogP contribution >= 0.6 is 0 Å². The minimum absolute atomic E-state index is 0.542. The Morgan fingerprint density at radius 1 is 1.60 bits per heavy atom. The highest BCUT2D eigenvalue weighted by Gasteiger charge is 2.26. The van der Waals surface area contributed by atoms with Crippen LogP contribution in [0.1, 0.15) is 19.8 Å². The zero-order valence-corrected chi connectivity index (χ0v) is 6.71. The molecule has 0 bridgehead atoms. The van der Waals surface area contributed by atoms with E-state index in [2.05, 4.69) is 23.7 Å². The maximum Gasteiger partial charge on any atom is 0.0834 e. The predicted octanol–water partition coefficient (Wildman–Crippen LogP) is 0.359. The fourth-order valence-electron chi connectivity index (χ4n) is 1.51. The number of nitrogens with zero attached hydrogens (tertiary/aromatic N) is 1. The van der Waals surface area contributed by atoms with Crippen molar-refractivity contribution in [1.82, 2.24) is 4.90 Å². The Morgan fingerprint density at radius 2 is 2.30 bits per heavy atom. The second-order valence-corrected chi connectivity index (χ2v) is 3.08. The number of hydrogen-bond acceptors (Lipinski definition) is 3. The first-order valence-electron chi connectivity index (χ1n) is 3.79. The Hall–Kier alpha value is -0.120. The lowest BCUT2D eigenvalue weighted by molar-refractivity contribution is 0.0791. The number of likely N-dealkylation sites (N-methyl/N-ethyl adjacent to an activating group) is 1. The lowest BCUT2D eigenvalue weighted by Crippen LogP contribution is -2.34. The van der Waals surface area contributed by atoms with Crippen LogP contribution in [0.2, 0.25) is 0 Å². The monoisotopic (exact) mass is 144 g/mol. The lowest BCUT2D eigenvalue weighted by Gasteiger charge is -2.21. The van der Waals surface area contributed by atoms with E-state index >= 15 is 0 Å². The zero-order valence-electron chi connectivity index (χ0n) is 6.71. The van der Waals surface area contributed by atoms with Gasteiger partial charge in [0.05, 0.1) is 6.61 Å². The van der Waals surface area contributed by atoms with Crippen LogP contribution in [0.4, 0.5) is 0 Å². The van der Waals surface area contributed by atoms with Crippen molar-refractivity contribution in [3.63, 3.8) is 0 Å². The summed E-state index contributed by atoms with van der Waals surface area (Å²) in [5.41, 5.74) is 0. The van der Waals surface area contributed by atoms with Gasteiger partial charge in [-0.1, -0.05) is 0 Å². The first-order valence-corrected chi connectivity index (χ1v) is 3.79. The molecule has 3 nitrogen and oxygen atoms in total.